The van der Waals surface area contributed by atoms with E-state index in [1.165, 1.54) is 6.07 Å². The highest BCUT2D eigenvalue weighted by molar-refractivity contribution is 5.85. The molecule has 0 spiro atoms. The van der Waals surface area contributed by atoms with E-state index < -0.39 is 17.8 Å². The first kappa shape index (κ1) is 13.6. The standard InChI is InChI=1S/C12H14F3N3O/c1-8-11(19)17(2)5-6-18(8)10-4-3-9(7-16-10)12(13,14)15/h3-4,7-8H,5-6H2,1-2H3. The second kappa shape index (κ2) is 4.71. The Balaban J connectivity index is 2.21. The summed E-state index contributed by atoms with van der Waals surface area (Å²) in [4.78, 5) is 18.9. The van der Waals surface area contributed by atoms with Gasteiger partial charge in [-0.3, -0.25) is 4.79 Å². The number of amides is 1. The van der Waals surface area contributed by atoms with E-state index >= 15 is 0 Å². The molecule has 1 aliphatic rings. The number of piperazine rings is 1. The van der Waals surface area contributed by atoms with Crippen molar-refractivity contribution in [3.8, 4) is 0 Å². The molecule has 1 atom stereocenters. The van der Waals surface area contributed by atoms with Crippen molar-refractivity contribution in [1.82, 2.24) is 9.88 Å². The Bertz CT molecular complexity index is 472. The van der Waals surface area contributed by atoms with Gasteiger partial charge in [0, 0.05) is 26.3 Å². The molecule has 1 fully saturated rings. The lowest BCUT2D eigenvalue weighted by Crippen LogP contribution is -2.54. The van der Waals surface area contributed by atoms with Gasteiger partial charge in [0.1, 0.15) is 11.9 Å². The van der Waals surface area contributed by atoms with Crippen LogP contribution < -0.4 is 4.90 Å². The van der Waals surface area contributed by atoms with Gasteiger partial charge in [0.2, 0.25) is 5.91 Å². The maximum atomic E-state index is 12.4. The normalized spacial score (nSPS) is 20.9. The lowest BCUT2D eigenvalue weighted by atomic mass is 10.1. The zero-order valence-electron chi connectivity index (χ0n) is 10.6. The summed E-state index contributed by atoms with van der Waals surface area (Å²) < 4.78 is 37.3. The van der Waals surface area contributed by atoms with Crippen LogP contribution in [0.15, 0.2) is 18.3 Å². The van der Waals surface area contributed by atoms with E-state index in [4.69, 9.17) is 0 Å². The molecule has 0 bridgehead atoms. The van der Waals surface area contributed by atoms with Crippen molar-refractivity contribution >= 4 is 11.7 Å². The Labute approximate surface area is 108 Å². The predicted octanol–water partition coefficient (Wildman–Crippen LogP) is 1.77. The Morgan fingerprint density at radius 3 is 2.53 bits per heavy atom. The van der Waals surface area contributed by atoms with Gasteiger partial charge in [-0.05, 0) is 19.1 Å². The average molecular weight is 273 g/mol. The minimum absolute atomic E-state index is 0.0621. The molecule has 104 valence electrons. The topological polar surface area (TPSA) is 36.4 Å². The number of likely N-dealkylation sites (N-methyl/N-ethyl adjacent to an activating group) is 1. The first-order valence-electron chi connectivity index (χ1n) is 5.85. The summed E-state index contributed by atoms with van der Waals surface area (Å²) in [5.74, 6) is 0.329. The Hall–Kier alpha value is -1.79. The highest BCUT2D eigenvalue weighted by Gasteiger charge is 2.33. The molecular formula is C12H14F3N3O. The van der Waals surface area contributed by atoms with Crippen molar-refractivity contribution in [2.75, 3.05) is 25.0 Å². The lowest BCUT2D eigenvalue weighted by molar-refractivity contribution is -0.138. The summed E-state index contributed by atoms with van der Waals surface area (Å²) in [5, 5.41) is 0. The summed E-state index contributed by atoms with van der Waals surface area (Å²) >= 11 is 0. The van der Waals surface area contributed by atoms with Gasteiger partial charge in [-0.15, -0.1) is 0 Å². The molecule has 1 amide bonds. The summed E-state index contributed by atoms with van der Waals surface area (Å²) in [7, 11) is 1.70. The first-order chi connectivity index (χ1) is 8.80. The number of carbonyl (C=O) groups is 1. The van der Waals surface area contributed by atoms with E-state index in [2.05, 4.69) is 4.98 Å². The van der Waals surface area contributed by atoms with E-state index in [9.17, 15) is 18.0 Å². The molecular weight excluding hydrogens is 259 g/mol. The number of hydrogen-bond acceptors (Lipinski definition) is 3. The molecule has 2 rings (SSSR count). The van der Waals surface area contributed by atoms with Crippen molar-refractivity contribution in [1.29, 1.82) is 0 Å². The zero-order valence-corrected chi connectivity index (χ0v) is 10.6. The van der Waals surface area contributed by atoms with E-state index in [0.29, 0.717) is 18.9 Å². The third kappa shape index (κ3) is 2.64. The maximum Gasteiger partial charge on any atom is 0.417 e. The van der Waals surface area contributed by atoms with Crippen molar-refractivity contribution < 1.29 is 18.0 Å². The molecule has 4 nitrogen and oxygen atoms in total. The van der Waals surface area contributed by atoms with Crippen LogP contribution in [0.1, 0.15) is 12.5 Å². The first-order valence-corrected chi connectivity index (χ1v) is 5.85. The SMILES string of the molecule is CC1C(=O)N(C)CCN1c1ccc(C(F)(F)F)cn1. The molecule has 1 unspecified atom stereocenters. The van der Waals surface area contributed by atoms with Crippen molar-refractivity contribution in [3.05, 3.63) is 23.9 Å². The monoisotopic (exact) mass is 273 g/mol. The second-order valence-corrected chi connectivity index (χ2v) is 4.53. The molecule has 1 aromatic heterocycles. The van der Waals surface area contributed by atoms with Gasteiger partial charge in [0.15, 0.2) is 0 Å². The summed E-state index contributed by atoms with van der Waals surface area (Å²) in [5.41, 5.74) is -0.788. The molecule has 0 aromatic carbocycles. The largest absolute Gasteiger partial charge is 0.417 e. The number of aromatic nitrogens is 1. The molecule has 1 aromatic rings. The van der Waals surface area contributed by atoms with Crippen LogP contribution in [0.3, 0.4) is 0 Å². The van der Waals surface area contributed by atoms with Gasteiger partial charge in [0.05, 0.1) is 5.56 Å². The van der Waals surface area contributed by atoms with Crippen molar-refractivity contribution in [2.45, 2.75) is 19.1 Å². The number of alkyl halides is 3. The van der Waals surface area contributed by atoms with Crippen LogP contribution in [0.25, 0.3) is 0 Å². The highest BCUT2D eigenvalue weighted by atomic mass is 19.4. The Kier molecular flexibility index (Phi) is 3.38. The quantitative estimate of drug-likeness (QED) is 0.782. The maximum absolute atomic E-state index is 12.4. The summed E-state index contributed by atoms with van der Waals surface area (Å²) in [6.07, 6.45) is -3.60. The fraction of sp³-hybridized carbons (Fsp3) is 0.500. The third-order valence-corrected chi connectivity index (χ3v) is 3.25. The number of carbonyl (C=O) groups excluding carboxylic acids is 1. The smallest absolute Gasteiger partial charge is 0.343 e. The van der Waals surface area contributed by atoms with E-state index in [-0.39, 0.29) is 5.91 Å². The number of halogens is 3. The molecule has 0 saturated carbocycles. The zero-order chi connectivity index (χ0) is 14.2. The minimum atomic E-state index is -4.39. The number of nitrogens with zero attached hydrogens (tertiary/aromatic N) is 3. The van der Waals surface area contributed by atoms with Gasteiger partial charge in [-0.25, -0.2) is 4.98 Å². The van der Waals surface area contributed by atoms with Gasteiger partial charge >= 0.3 is 6.18 Å². The fourth-order valence-corrected chi connectivity index (χ4v) is 2.05. The van der Waals surface area contributed by atoms with Crippen LogP contribution in [-0.2, 0) is 11.0 Å². The van der Waals surface area contributed by atoms with E-state index in [0.717, 1.165) is 12.3 Å². The van der Waals surface area contributed by atoms with Crippen LogP contribution in [0.5, 0.6) is 0 Å². The number of anilines is 1. The molecule has 0 aliphatic carbocycles. The number of rotatable bonds is 1. The van der Waals surface area contributed by atoms with Crippen molar-refractivity contribution in [2.24, 2.45) is 0 Å². The van der Waals surface area contributed by atoms with Gasteiger partial charge in [-0.2, -0.15) is 13.2 Å². The number of pyridine rings is 1. The summed E-state index contributed by atoms with van der Waals surface area (Å²) in [6.45, 7) is 2.81. The molecule has 2 heterocycles. The third-order valence-electron chi connectivity index (χ3n) is 3.25. The van der Waals surface area contributed by atoms with E-state index in [1.807, 2.05) is 0 Å². The van der Waals surface area contributed by atoms with Gasteiger partial charge in [-0.1, -0.05) is 0 Å². The predicted molar refractivity (Wildman–Crippen MR) is 63.7 cm³/mol. The van der Waals surface area contributed by atoms with E-state index in [1.54, 1.807) is 23.8 Å². The van der Waals surface area contributed by atoms with Crippen LogP contribution in [0.4, 0.5) is 19.0 Å². The molecule has 0 N–H and O–H groups in total. The Morgan fingerprint density at radius 1 is 1.32 bits per heavy atom. The average Bonchev–Trinajstić information content (AvgIpc) is 2.35. The Morgan fingerprint density at radius 2 is 2.00 bits per heavy atom. The van der Waals surface area contributed by atoms with Gasteiger partial charge in [0.25, 0.3) is 0 Å². The molecule has 19 heavy (non-hydrogen) atoms. The van der Waals surface area contributed by atoms with Crippen LogP contribution in [0.2, 0.25) is 0 Å². The molecule has 7 heteroatoms. The minimum Gasteiger partial charge on any atom is -0.343 e. The van der Waals surface area contributed by atoms with Crippen LogP contribution in [-0.4, -0.2) is 42.0 Å². The number of hydrogen-bond donors (Lipinski definition) is 0. The molecule has 1 aliphatic heterocycles. The molecule has 0 radical (unpaired) electrons. The molecule has 1 saturated heterocycles. The second-order valence-electron chi connectivity index (χ2n) is 4.53. The highest BCUT2D eigenvalue weighted by Crippen LogP contribution is 2.29. The van der Waals surface area contributed by atoms with Crippen molar-refractivity contribution in [3.63, 3.8) is 0 Å². The lowest BCUT2D eigenvalue weighted by Gasteiger charge is -2.38. The van der Waals surface area contributed by atoms with Crippen LogP contribution >= 0.6 is 0 Å². The fourth-order valence-electron chi connectivity index (χ4n) is 2.05. The summed E-state index contributed by atoms with van der Waals surface area (Å²) in [6, 6.07) is 1.87. The van der Waals surface area contributed by atoms with Gasteiger partial charge < -0.3 is 9.80 Å². The van der Waals surface area contributed by atoms with Crippen LogP contribution in [0, 0.1) is 0 Å².